The Morgan fingerprint density at radius 2 is 1.64 bits per heavy atom. The van der Waals surface area contributed by atoms with E-state index in [0.29, 0.717) is 5.69 Å². The maximum Gasteiger partial charge on any atom is 0.338 e. The van der Waals surface area contributed by atoms with Crippen molar-refractivity contribution < 1.29 is 28.8 Å². The van der Waals surface area contributed by atoms with Gasteiger partial charge in [0, 0.05) is 17.8 Å². The van der Waals surface area contributed by atoms with Gasteiger partial charge in [-0.25, -0.2) is 9.59 Å². The number of hydrogen-bond acceptors (Lipinski definition) is 7. The Labute approximate surface area is 160 Å². The lowest BCUT2D eigenvalue weighted by molar-refractivity contribution is -0.384. The summed E-state index contributed by atoms with van der Waals surface area (Å²) in [5.41, 5.74) is 0.540. The molecule has 0 radical (unpaired) electrons. The Morgan fingerprint density at radius 1 is 1.04 bits per heavy atom. The first-order chi connectivity index (χ1) is 13.3. The summed E-state index contributed by atoms with van der Waals surface area (Å²) in [5, 5.41) is 13.6. The minimum atomic E-state index is -0.978. The number of carbonyl (C=O) groups is 3. The second kappa shape index (κ2) is 9.26. The van der Waals surface area contributed by atoms with Crippen LogP contribution >= 0.6 is 0 Å². The van der Waals surface area contributed by atoms with Crippen LogP contribution in [-0.2, 0) is 14.3 Å². The van der Waals surface area contributed by atoms with Crippen LogP contribution in [0.1, 0.15) is 33.2 Å². The highest BCUT2D eigenvalue weighted by Gasteiger charge is 2.20. The number of aryl methyl sites for hydroxylation is 1. The molecule has 0 aliphatic heterocycles. The van der Waals surface area contributed by atoms with E-state index < -0.39 is 35.1 Å². The van der Waals surface area contributed by atoms with E-state index >= 15 is 0 Å². The largest absolute Gasteiger partial charge is 0.462 e. The van der Waals surface area contributed by atoms with Crippen molar-refractivity contribution in [3.63, 3.8) is 0 Å². The number of benzene rings is 2. The van der Waals surface area contributed by atoms with Crippen molar-refractivity contribution in [3.05, 3.63) is 69.3 Å². The van der Waals surface area contributed by atoms with Gasteiger partial charge < -0.3 is 14.8 Å². The quantitative estimate of drug-likeness (QED) is 0.440. The molecule has 0 aliphatic carbocycles. The smallest absolute Gasteiger partial charge is 0.338 e. The lowest BCUT2D eigenvalue weighted by Gasteiger charge is -2.09. The van der Waals surface area contributed by atoms with Crippen molar-refractivity contribution in [1.82, 2.24) is 0 Å². The van der Waals surface area contributed by atoms with E-state index in [4.69, 9.17) is 9.47 Å². The number of esters is 2. The Balaban J connectivity index is 2.10. The Hall–Kier alpha value is -3.75. The standard InChI is InChI=1S/C19H18N2O7/c1-3-27-18(23)13-8-14(10-15(9-13)21(25)26)19(24)28-11-17(22)20-16-7-5-4-6-12(16)2/h4-10H,3,11H2,1-2H3,(H,20,22). The molecule has 9 nitrogen and oxygen atoms in total. The van der Waals surface area contributed by atoms with Crippen LogP contribution in [0, 0.1) is 17.0 Å². The van der Waals surface area contributed by atoms with E-state index in [1.54, 1.807) is 19.1 Å². The first-order valence-electron chi connectivity index (χ1n) is 8.31. The summed E-state index contributed by atoms with van der Waals surface area (Å²) < 4.78 is 9.70. The topological polar surface area (TPSA) is 125 Å². The zero-order valence-electron chi connectivity index (χ0n) is 15.3. The summed E-state index contributed by atoms with van der Waals surface area (Å²) in [7, 11) is 0. The summed E-state index contributed by atoms with van der Waals surface area (Å²) in [6.45, 7) is 2.87. The molecule has 1 amide bonds. The molecule has 0 unspecified atom stereocenters. The van der Waals surface area contributed by atoms with Crippen molar-refractivity contribution >= 4 is 29.2 Å². The fraction of sp³-hybridized carbons (Fsp3) is 0.211. The van der Waals surface area contributed by atoms with Crippen molar-refractivity contribution in [2.45, 2.75) is 13.8 Å². The third-order valence-electron chi connectivity index (χ3n) is 3.63. The first-order valence-corrected chi connectivity index (χ1v) is 8.31. The number of amides is 1. The van der Waals surface area contributed by atoms with Crippen LogP contribution < -0.4 is 5.32 Å². The molecule has 0 saturated heterocycles. The number of nitro groups is 1. The molecule has 0 fully saturated rings. The third kappa shape index (κ3) is 5.37. The molecule has 28 heavy (non-hydrogen) atoms. The zero-order chi connectivity index (χ0) is 20.7. The number of carbonyl (C=O) groups excluding carboxylic acids is 3. The summed E-state index contributed by atoms with van der Waals surface area (Å²) >= 11 is 0. The lowest BCUT2D eigenvalue weighted by Crippen LogP contribution is -2.21. The minimum absolute atomic E-state index is 0.0698. The molecule has 146 valence electrons. The summed E-state index contributed by atoms with van der Waals surface area (Å²) in [6, 6.07) is 10.1. The van der Waals surface area contributed by atoms with Crippen molar-refractivity contribution in [3.8, 4) is 0 Å². The molecule has 0 bridgehead atoms. The minimum Gasteiger partial charge on any atom is -0.462 e. The predicted molar refractivity (Wildman–Crippen MR) is 99.1 cm³/mol. The maximum absolute atomic E-state index is 12.2. The van der Waals surface area contributed by atoms with Gasteiger partial charge >= 0.3 is 11.9 Å². The molecule has 0 spiro atoms. The fourth-order valence-electron chi connectivity index (χ4n) is 2.28. The average Bonchev–Trinajstić information content (AvgIpc) is 2.67. The highest BCUT2D eigenvalue weighted by molar-refractivity contribution is 5.98. The molecule has 2 aromatic carbocycles. The van der Waals surface area contributed by atoms with Crippen LogP contribution in [0.5, 0.6) is 0 Å². The molecule has 0 aromatic heterocycles. The number of ether oxygens (including phenoxy) is 2. The van der Waals surface area contributed by atoms with Crippen LogP contribution in [0.4, 0.5) is 11.4 Å². The number of nitrogens with one attached hydrogen (secondary N) is 1. The molecule has 0 saturated carbocycles. The summed E-state index contributed by atoms with van der Waals surface area (Å²) in [6.07, 6.45) is 0. The zero-order valence-corrected chi connectivity index (χ0v) is 15.3. The van der Waals surface area contributed by atoms with Gasteiger partial charge in [-0.3, -0.25) is 14.9 Å². The number of non-ortho nitro benzene ring substituents is 1. The summed E-state index contributed by atoms with van der Waals surface area (Å²) in [4.78, 5) is 46.3. The molecule has 0 aliphatic rings. The molecule has 2 aromatic rings. The highest BCUT2D eigenvalue weighted by atomic mass is 16.6. The predicted octanol–water partition coefficient (Wildman–Crippen LogP) is 2.88. The normalized spacial score (nSPS) is 10.1. The van der Waals surface area contributed by atoms with Crippen molar-refractivity contribution in [1.29, 1.82) is 0 Å². The van der Waals surface area contributed by atoms with Crippen LogP contribution in [0.15, 0.2) is 42.5 Å². The van der Waals surface area contributed by atoms with E-state index in [1.165, 1.54) is 0 Å². The molecular formula is C19H18N2O7. The van der Waals surface area contributed by atoms with Gasteiger partial charge in [-0.15, -0.1) is 0 Å². The van der Waals surface area contributed by atoms with Crippen LogP contribution in [0.3, 0.4) is 0 Å². The van der Waals surface area contributed by atoms with Gasteiger partial charge in [0.25, 0.3) is 11.6 Å². The Morgan fingerprint density at radius 3 is 2.21 bits per heavy atom. The SMILES string of the molecule is CCOC(=O)c1cc(C(=O)OCC(=O)Nc2ccccc2C)cc([N+](=O)[O-])c1. The molecule has 1 N–H and O–H groups in total. The van der Waals surface area contributed by atoms with E-state index in [9.17, 15) is 24.5 Å². The molecule has 9 heteroatoms. The average molecular weight is 386 g/mol. The number of anilines is 1. The van der Waals surface area contributed by atoms with E-state index in [0.717, 1.165) is 23.8 Å². The van der Waals surface area contributed by atoms with Gasteiger partial charge in [-0.05, 0) is 31.5 Å². The molecule has 0 atom stereocenters. The van der Waals surface area contributed by atoms with Crippen molar-refractivity contribution in [2.24, 2.45) is 0 Å². The number of rotatable bonds is 7. The molecular weight excluding hydrogens is 368 g/mol. The Kier molecular flexibility index (Phi) is 6.80. The number of hydrogen-bond donors (Lipinski definition) is 1. The van der Waals surface area contributed by atoms with Gasteiger partial charge in [-0.2, -0.15) is 0 Å². The maximum atomic E-state index is 12.2. The van der Waals surface area contributed by atoms with Gasteiger partial charge in [0.1, 0.15) is 0 Å². The van der Waals surface area contributed by atoms with E-state index in [-0.39, 0.29) is 17.7 Å². The third-order valence-corrected chi connectivity index (χ3v) is 3.63. The molecule has 0 heterocycles. The van der Waals surface area contributed by atoms with Gasteiger partial charge in [0.15, 0.2) is 6.61 Å². The lowest BCUT2D eigenvalue weighted by atomic mass is 10.1. The highest BCUT2D eigenvalue weighted by Crippen LogP contribution is 2.19. The van der Waals surface area contributed by atoms with E-state index in [2.05, 4.69) is 5.32 Å². The number of nitrogens with zero attached hydrogens (tertiary/aromatic N) is 1. The first kappa shape index (κ1) is 20.6. The van der Waals surface area contributed by atoms with E-state index in [1.807, 2.05) is 19.1 Å². The fourth-order valence-corrected chi connectivity index (χ4v) is 2.28. The van der Waals surface area contributed by atoms with Crippen molar-refractivity contribution in [2.75, 3.05) is 18.5 Å². The van der Waals surface area contributed by atoms with Gasteiger partial charge in [-0.1, -0.05) is 18.2 Å². The second-order valence-corrected chi connectivity index (χ2v) is 5.69. The monoisotopic (exact) mass is 386 g/mol. The second-order valence-electron chi connectivity index (χ2n) is 5.69. The Bertz CT molecular complexity index is 924. The van der Waals surface area contributed by atoms with Crippen LogP contribution in [-0.4, -0.2) is 36.0 Å². The van der Waals surface area contributed by atoms with Crippen LogP contribution in [0.2, 0.25) is 0 Å². The van der Waals surface area contributed by atoms with Gasteiger partial charge in [0.2, 0.25) is 0 Å². The molecule has 2 rings (SSSR count). The van der Waals surface area contributed by atoms with Crippen LogP contribution in [0.25, 0.3) is 0 Å². The number of para-hydroxylation sites is 1. The number of nitro benzene ring substituents is 1. The van der Waals surface area contributed by atoms with Gasteiger partial charge in [0.05, 0.1) is 22.7 Å². The summed E-state index contributed by atoms with van der Waals surface area (Å²) in [5.74, 6) is -2.36.